The Morgan fingerprint density at radius 2 is 2.16 bits per heavy atom. The van der Waals surface area contributed by atoms with Crippen LogP contribution in [0.2, 0.25) is 0 Å². The van der Waals surface area contributed by atoms with E-state index in [1.54, 1.807) is 12.1 Å². The number of halogens is 1. The number of carboxylic acids is 1. The van der Waals surface area contributed by atoms with Crippen LogP contribution in [0.25, 0.3) is 6.08 Å². The first kappa shape index (κ1) is 15.2. The van der Waals surface area contributed by atoms with Gasteiger partial charge in [-0.15, -0.1) is 0 Å². The van der Waals surface area contributed by atoms with Gasteiger partial charge in [-0.2, -0.15) is 0 Å². The highest BCUT2D eigenvalue weighted by atomic mass is 19.1. The number of hydrogen-bond donors (Lipinski definition) is 1. The lowest BCUT2D eigenvalue weighted by molar-refractivity contribution is -0.131. The largest absolute Gasteiger partial charge is 0.478 e. The second-order valence-corrected chi connectivity index (χ2v) is 4.28. The van der Waals surface area contributed by atoms with E-state index in [1.807, 2.05) is 11.8 Å². The van der Waals surface area contributed by atoms with E-state index in [9.17, 15) is 9.18 Å². The fourth-order valence-corrected chi connectivity index (χ4v) is 1.94. The quantitative estimate of drug-likeness (QED) is 0.766. The van der Waals surface area contributed by atoms with Gasteiger partial charge in [0.05, 0.1) is 5.69 Å². The molecule has 0 amide bonds. The van der Waals surface area contributed by atoms with Crippen molar-refractivity contribution in [3.63, 3.8) is 0 Å². The van der Waals surface area contributed by atoms with E-state index in [4.69, 9.17) is 5.11 Å². The minimum absolute atomic E-state index is 0.314. The fraction of sp³-hybridized carbons (Fsp3) is 0.400. The molecule has 0 aliphatic heterocycles. The van der Waals surface area contributed by atoms with Gasteiger partial charge in [0.2, 0.25) is 0 Å². The smallest absolute Gasteiger partial charge is 0.328 e. The minimum atomic E-state index is -1.04. The van der Waals surface area contributed by atoms with E-state index >= 15 is 0 Å². The number of carboxylic acid groups (broad SMARTS) is 1. The molecular formula is C15H20FNO2. The molecule has 1 aromatic carbocycles. The Kier molecular flexibility index (Phi) is 6.06. The maximum Gasteiger partial charge on any atom is 0.328 e. The van der Waals surface area contributed by atoms with E-state index in [-0.39, 0.29) is 5.82 Å². The highest BCUT2D eigenvalue weighted by molar-refractivity contribution is 5.87. The normalized spacial score (nSPS) is 10.9. The average Bonchev–Trinajstić information content (AvgIpc) is 2.39. The molecule has 4 heteroatoms. The molecule has 0 spiro atoms. The zero-order valence-electron chi connectivity index (χ0n) is 11.4. The van der Waals surface area contributed by atoms with Crippen LogP contribution in [0.3, 0.4) is 0 Å². The molecule has 0 fully saturated rings. The van der Waals surface area contributed by atoms with Crippen molar-refractivity contribution in [3.8, 4) is 0 Å². The number of carbonyl (C=O) groups is 1. The minimum Gasteiger partial charge on any atom is -0.478 e. The van der Waals surface area contributed by atoms with Gasteiger partial charge in [0.1, 0.15) is 5.82 Å². The summed E-state index contributed by atoms with van der Waals surface area (Å²) in [6, 6.07) is 4.72. The van der Waals surface area contributed by atoms with E-state index in [0.717, 1.165) is 25.5 Å². The molecule has 1 rings (SSSR count). The second-order valence-electron chi connectivity index (χ2n) is 4.28. The molecule has 0 saturated carbocycles. The number of hydrogen-bond acceptors (Lipinski definition) is 2. The Morgan fingerprint density at radius 1 is 1.42 bits per heavy atom. The summed E-state index contributed by atoms with van der Waals surface area (Å²) in [6.45, 7) is 5.50. The molecule has 0 unspecified atom stereocenters. The standard InChI is InChI=1S/C15H20FNO2/c1-3-5-11-17(4-2)15-12(9-10-14(18)19)7-6-8-13(15)16/h6-10H,3-5,11H2,1-2H3,(H,18,19)/b10-9+. The summed E-state index contributed by atoms with van der Waals surface area (Å²) in [7, 11) is 0. The van der Waals surface area contributed by atoms with Crippen LogP contribution in [-0.2, 0) is 4.79 Å². The molecule has 0 aromatic heterocycles. The lowest BCUT2D eigenvalue weighted by Crippen LogP contribution is -2.25. The van der Waals surface area contributed by atoms with Crippen LogP contribution in [0.4, 0.5) is 10.1 Å². The molecule has 0 atom stereocenters. The van der Waals surface area contributed by atoms with E-state index in [0.29, 0.717) is 17.8 Å². The number of benzene rings is 1. The highest BCUT2D eigenvalue weighted by Gasteiger charge is 2.13. The predicted octanol–water partition coefficient (Wildman–Crippen LogP) is 3.55. The van der Waals surface area contributed by atoms with Gasteiger partial charge in [-0.25, -0.2) is 9.18 Å². The third kappa shape index (κ3) is 4.39. The number of unbranched alkanes of at least 4 members (excludes halogenated alkanes) is 1. The molecule has 0 heterocycles. The first-order chi connectivity index (χ1) is 9.10. The van der Waals surface area contributed by atoms with Crippen LogP contribution in [0, 0.1) is 5.82 Å². The molecule has 1 N–H and O–H groups in total. The van der Waals surface area contributed by atoms with Crippen molar-refractivity contribution in [2.24, 2.45) is 0 Å². The summed E-state index contributed by atoms with van der Waals surface area (Å²) in [5.41, 5.74) is 1.08. The first-order valence-electron chi connectivity index (χ1n) is 6.54. The van der Waals surface area contributed by atoms with Gasteiger partial charge in [0.25, 0.3) is 0 Å². The van der Waals surface area contributed by atoms with E-state index in [1.165, 1.54) is 12.1 Å². The van der Waals surface area contributed by atoms with Crippen molar-refractivity contribution in [3.05, 3.63) is 35.7 Å². The zero-order valence-corrected chi connectivity index (χ0v) is 11.4. The maximum atomic E-state index is 14.0. The van der Waals surface area contributed by atoms with E-state index < -0.39 is 5.97 Å². The Balaban J connectivity index is 3.11. The van der Waals surface area contributed by atoms with Crippen molar-refractivity contribution in [2.75, 3.05) is 18.0 Å². The SMILES string of the molecule is CCCCN(CC)c1c(F)cccc1/C=C/C(=O)O. The Labute approximate surface area is 113 Å². The van der Waals surface area contributed by atoms with Crippen molar-refractivity contribution >= 4 is 17.7 Å². The molecule has 0 aliphatic carbocycles. The maximum absolute atomic E-state index is 14.0. The second kappa shape index (κ2) is 7.56. The number of nitrogens with zero attached hydrogens (tertiary/aromatic N) is 1. The Morgan fingerprint density at radius 3 is 2.74 bits per heavy atom. The molecule has 0 aliphatic rings. The van der Waals surface area contributed by atoms with Gasteiger partial charge in [0, 0.05) is 24.7 Å². The third-order valence-corrected chi connectivity index (χ3v) is 2.90. The number of aliphatic carboxylic acids is 1. The van der Waals surface area contributed by atoms with Crippen LogP contribution >= 0.6 is 0 Å². The summed E-state index contributed by atoms with van der Waals surface area (Å²) in [4.78, 5) is 12.5. The number of rotatable bonds is 7. The van der Waals surface area contributed by atoms with Crippen molar-refractivity contribution in [2.45, 2.75) is 26.7 Å². The van der Waals surface area contributed by atoms with Crippen molar-refractivity contribution < 1.29 is 14.3 Å². The van der Waals surface area contributed by atoms with Crippen molar-refractivity contribution in [1.82, 2.24) is 0 Å². The molecule has 19 heavy (non-hydrogen) atoms. The van der Waals surface area contributed by atoms with Gasteiger partial charge < -0.3 is 10.0 Å². The summed E-state index contributed by atoms with van der Waals surface area (Å²) < 4.78 is 14.0. The molecule has 1 aromatic rings. The molecule has 0 radical (unpaired) electrons. The molecular weight excluding hydrogens is 245 g/mol. The van der Waals surface area contributed by atoms with Crippen molar-refractivity contribution in [1.29, 1.82) is 0 Å². The highest BCUT2D eigenvalue weighted by Crippen LogP contribution is 2.26. The Bertz CT molecular complexity index is 457. The first-order valence-corrected chi connectivity index (χ1v) is 6.54. The van der Waals surface area contributed by atoms with Gasteiger partial charge >= 0.3 is 5.97 Å². The molecule has 0 bridgehead atoms. The molecule has 3 nitrogen and oxygen atoms in total. The lowest BCUT2D eigenvalue weighted by Gasteiger charge is -2.25. The lowest BCUT2D eigenvalue weighted by atomic mass is 10.1. The predicted molar refractivity (Wildman–Crippen MR) is 75.9 cm³/mol. The summed E-state index contributed by atoms with van der Waals surface area (Å²) in [5.74, 6) is -1.35. The summed E-state index contributed by atoms with van der Waals surface area (Å²) >= 11 is 0. The molecule has 0 saturated heterocycles. The van der Waals surface area contributed by atoms with Gasteiger partial charge in [-0.05, 0) is 25.5 Å². The summed E-state index contributed by atoms with van der Waals surface area (Å²) in [5, 5.41) is 8.68. The van der Waals surface area contributed by atoms with Crippen LogP contribution < -0.4 is 4.90 Å². The number of anilines is 1. The topological polar surface area (TPSA) is 40.5 Å². The van der Waals surface area contributed by atoms with Gasteiger partial charge in [-0.3, -0.25) is 0 Å². The third-order valence-electron chi connectivity index (χ3n) is 2.90. The fourth-order valence-electron chi connectivity index (χ4n) is 1.94. The summed E-state index contributed by atoms with van der Waals surface area (Å²) in [6.07, 6.45) is 4.48. The Hall–Kier alpha value is -1.84. The van der Waals surface area contributed by atoms with Gasteiger partial charge in [-0.1, -0.05) is 25.5 Å². The van der Waals surface area contributed by atoms with Crippen LogP contribution in [0.1, 0.15) is 32.3 Å². The van der Waals surface area contributed by atoms with Gasteiger partial charge in [0.15, 0.2) is 0 Å². The monoisotopic (exact) mass is 265 g/mol. The van der Waals surface area contributed by atoms with Crippen LogP contribution in [-0.4, -0.2) is 24.2 Å². The van der Waals surface area contributed by atoms with Crippen LogP contribution in [0.15, 0.2) is 24.3 Å². The molecule has 104 valence electrons. The van der Waals surface area contributed by atoms with Crippen LogP contribution in [0.5, 0.6) is 0 Å². The average molecular weight is 265 g/mol. The number of para-hydroxylation sites is 1. The zero-order chi connectivity index (χ0) is 14.3. The van der Waals surface area contributed by atoms with E-state index in [2.05, 4.69) is 6.92 Å².